The first-order valence-corrected chi connectivity index (χ1v) is 21.7. The van der Waals surface area contributed by atoms with Crippen molar-refractivity contribution in [3.8, 4) is 0 Å². The fourth-order valence-corrected chi connectivity index (χ4v) is 14.6. The van der Waals surface area contributed by atoms with Crippen LogP contribution < -0.4 is 21.2 Å². The monoisotopic (exact) mass is 801 g/mol. The van der Waals surface area contributed by atoms with Crippen LogP contribution in [0.3, 0.4) is 0 Å². The van der Waals surface area contributed by atoms with Crippen molar-refractivity contribution >= 4 is 52.9 Å². The molecule has 0 bridgehead atoms. The van der Waals surface area contributed by atoms with Crippen molar-refractivity contribution in [1.29, 1.82) is 0 Å². The van der Waals surface area contributed by atoms with Crippen molar-refractivity contribution in [2.75, 3.05) is 49.3 Å². The molecule has 223 valence electrons. The minimum Gasteiger partial charge on any atom is -0.107 e. The van der Waals surface area contributed by atoms with E-state index in [0.29, 0.717) is 0 Å². The molecule has 5 heteroatoms. The molecule has 0 atom stereocenters. The fourth-order valence-electron chi connectivity index (χ4n) is 4.81. The summed E-state index contributed by atoms with van der Waals surface area (Å²) in [4.78, 5) is 0. The van der Waals surface area contributed by atoms with E-state index < -0.39 is 0 Å². The Kier molecular flexibility index (Phi) is 19.5. The summed E-state index contributed by atoms with van der Waals surface area (Å²) in [7, 11) is 0.136. The van der Waals surface area contributed by atoms with Crippen molar-refractivity contribution in [2.24, 2.45) is 0 Å². The van der Waals surface area contributed by atoms with Crippen LogP contribution >= 0.6 is 31.7 Å². The maximum Gasteiger partial charge on any atom is 0 e. The van der Waals surface area contributed by atoms with Gasteiger partial charge in [0.15, 0.2) is 0 Å². The van der Waals surface area contributed by atoms with Crippen LogP contribution in [0.15, 0.2) is 121 Å². The molecule has 0 amide bonds. The first-order chi connectivity index (χ1) is 19.7. The Morgan fingerprint density at radius 1 is 0.341 bits per heavy atom. The van der Waals surface area contributed by atoms with Gasteiger partial charge in [-0.1, -0.05) is 149 Å². The Balaban J connectivity index is 0.000000280. The molecule has 0 aliphatic carbocycles. The van der Waals surface area contributed by atoms with Crippen LogP contribution in [0.5, 0.6) is 0 Å². The van der Waals surface area contributed by atoms with E-state index in [1.807, 2.05) is 0 Å². The van der Waals surface area contributed by atoms with Crippen LogP contribution in [0, 0.1) is 0 Å². The van der Waals surface area contributed by atoms with Gasteiger partial charge in [-0.05, 0) is 86.4 Å². The van der Waals surface area contributed by atoms with E-state index in [4.69, 9.17) is 0 Å². The summed E-state index contributed by atoms with van der Waals surface area (Å²) in [5.74, 6) is 0. The molecule has 0 nitrogen and oxygen atoms in total. The summed E-state index contributed by atoms with van der Waals surface area (Å²) in [6.45, 7) is 9.40. The van der Waals surface area contributed by atoms with Crippen molar-refractivity contribution in [3.63, 3.8) is 0 Å². The quantitative estimate of drug-likeness (QED) is 0.0882. The maximum absolute atomic E-state index is 2.35. The van der Waals surface area contributed by atoms with E-state index in [9.17, 15) is 0 Å². The zero-order chi connectivity index (χ0) is 28.4. The first-order valence-electron chi connectivity index (χ1n) is 14.9. The molecule has 0 saturated carbocycles. The van der Waals surface area contributed by atoms with E-state index in [0.717, 1.165) is 0 Å². The Bertz CT molecular complexity index is 977. The van der Waals surface area contributed by atoms with Crippen molar-refractivity contribution in [1.82, 2.24) is 0 Å². The number of hydrogen-bond acceptors (Lipinski definition) is 0. The summed E-state index contributed by atoms with van der Waals surface area (Å²) in [6, 6.07) is 44.3. The molecule has 0 spiro atoms. The van der Waals surface area contributed by atoms with E-state index in [1.165, 1.54) is 70.5 Å². The first kappa shape index (κ1) is 36.5. The molecule has 4 aromatic carbocycles. The Morgan fingerprint density at radius 3 is 0.756 bits per heavy atom. The van der Waals surface area contributed by atoms with Gasteiger partial charge >= 0.3 is 0 Å². The second kappa shape index (κ2) is 21.9. The number of hydrogen-bond donors (Lipinski definition) is 0. The van der Waals surface area contributed by atoms with Crippen LogP contribution in [0.4, 0.5) is 0 Å². The van der Waals surface area contributed by atoms with Crippen LogP contribution in [0.2, 0.25) is 0 Å². The second-order valence-corrected chi connectivity index (χ2v) is 20.5. The van der Waals surface area contributed by atoms with Crippen molar-refractivity contribution in [3.05, 3.63) is 121 Å². The van der Waals surface area contributed by atoms with E-state index in [-0.39, 0.29) is 54.1 Å². The van der Waals surface area contributed by atoms with Gasteiger partial charge in [-0.3, -0.25) is 0 Å². The standard InChI is InChI=1S/2C18H24P2.Au/c2*1-3-19(4-2)15-16-20(17-11-7-5-8-12-17)18-13-9-6-10-14-18;/h2*5-14H,3-4,15-16H2,1-2H3;. The maximum atomic E-state index is 2.35. The van der Waals surface area contributed by atoms with E-state index in [2.05, 4.69) is 149 Å². The van der Waals surface area contributed by atoms with Crippen molar-refractivity contribution in [2.45, 2.75) is 27.7 Å². The van der Waals surface area contributed by atoms with Crippen LogP contribution in [-0.4, -0.2) is 49.3 Å². The molecule has 0 aliphatic rings. The third-order valence-corrected chi connectivity index (χ3v) is 18.4. The molecule has 0 saturated heterocycles. The minimum absolute atomic E-state index is 0. The minimum atomic E-state index is -0.179. The van der Waals surface area contributed by atoms with Gasteiger partial charge < -0.3 is 0 Å². The summed E-state index contributed by atoms with van der Waals surface area (Å²) in [5.41, 5.74) is 0. The molecule has 0 N–H and O–H groups in total. The average molecular weight is 802 g/mol. The summed E-state index contributed by atoms with van der Waals surface area (Å²) < 4.78 is 0. The van der Waals surface area contributed by atoms with Gasteiger partial charge in [0.05, 0.1) is 0 Å². The smallest absolute Gasteiger partial charge is 0 e. The summed E-state index contributed by atoms with van der Waals surface area (Å²) >= 11 is 0. The predicted molar refractivity (Wildman–Crippen MR) is 194 cm³/mol. The molecule has 0 fully saturated rings. The molecular weight excluding hydrogens is 753 g/mol. The summed E-state index contributed by atoms with van der Waals surface area (Å²) in [5, 5.41) is 6.10. The van der Waals surface area contributed by atoms with Gasteiger partial charge in [0.25, 0.3) is 0 Å². The zero-order valence-corrected chi connectivity index (χ0v) is 31.0. The van der Waals surface area contributed by atoms with E-state index >= 15 is 0 Å². The van der Waals surface area contributed by atoms with Crippen molar-refractivity contribution < 1.29 is 22.4 Å². The molecule has 4 rings (SSSR count). The number of benzene rings is 4. The second-order valence-electron chi connectivity index (χ2n) is 9.70. The SMILES string of the molecule is CCP(CC)CCP(c1ccccc1)c1ccccc1.CCP(CC)CCP(c1ccccc1)c1ccccc1.[Au]. The van der Waals surface area contributed by atoms with Gasteiger partial charge in [-0.25, -0.2) is 0 Å². The van der Waals surface area contributed by atoms with Crippen LogP contribution in [-0.2, 0) is 22.4 Å². The Hall–Kier alpha value is -0.660. The van der Waals surface area contributed by atoms with Crippen LogP contribution in [0.25, 0.3) is 0 Å². The molecule has 1 radical (unpaired) electrons. The van der Waals surface area contributed by atoms with Gasteiger partial charge in [0.2, 0.25) is 0 Å². The zero-order valence-electron chi connectivity index (χ0n) is 25.3. The van der Waals surface area contributed by atoms with Gasteiger partial charge in [-0.2, -0.15) is 0 Å². The molecule has 0 heterocycles. The topological polar surface area (TPSA) is 0 Å². The average Bonchev–Trinajstić information content (AvgIpc) is 3.04. The fraction of sp³-hybridized carbons (Fsp3) is 0.333. The molecule has 0 aliphatic heterocycles. The Labute approximate surface area is 272 Å². The third-order valence-electron chi connectivity index (χ3n) is 7.34. The molecule has 0 unspecified atom stereocenters. The Morgan fingerprint density at radius 2 is 0.561 bits per heavy atom. The summed E-state index contributed by atoms with van der Waals surface area (Å²) in [6.07, 6.45) is 11.0. The molecule has 0 aromatic heterocycles. The van der Waals surface area contributed by atoms with Gasteiger partial charge in [0, 0.05) is 22.4 Å². The van der Waals surface area contributed by atoms with Gasteiger partial charge in [0.1, 0.15) is 0 Å². The van der Waals surface area contributed by atoms with Crippen LogP contribution in [0.1, 0.15) is 27.7 Å². The predicted octanol–water partition coefficient (Wildman–Crippen LogP) is 9.28. The number of rotatable bonds is 14. The molecule has 41 heavy (non-hydrogen) atoms. The third kappa shape index (κ3) is 12.8. The largest absolute Gasteiger partial charge is 0.107 e. The van der Waals surface area contributed by atoms with E-state index in [1.54, 1.807) is 0 Å². The van der Waals surface area contributed by atoms with Gasteiger partial charge in [-0.15, -0.1) is 15.8 Å². The molecule has 4 aromatic rings. The molecular formula is C36H48AuP4. The normalized spacial score (nSPS) is 10.9.